The minimum Gasteiger partial charge on any atom is -0.385 e. The predicted octanol–water partition coefficient (Wildman–Crippen LogP) is 0.868. The third kappa shape index (κ3) is 3.12. The summed E-state index contributed by atoms with van der Waals surface area (Å²) >= 11 is 0. The van der Waals surface area contributed by atoms with Gasteiger partial charge in [-0.2, -0.15) is 0 Å². The molecule has 1 saturated carbocycles. The van der Waals surface area contributed by atoms with Crippen LogP contribution in [0.1, 0.15) is 37.8 Å². The molecular formula is C12H19N3O2. The summed E-state index contributed by atoms with van der Waals surface area (Å²) in [4.78, 5) is 11.9. The molecule has 0 amide bonds. The van der Waals surface area contributed by atoms with E-state index in [0.29, 0.717) is 5.69 Å². The maximum absolute atomic E-state index is 11.9. The summed E-state index contributed by atoms with van der Waals surface area (Å²) in [5, 5.41) is 17.6. The molecule has 1 aromatic rings. The molecule has 1 fully saturated rings. The molecule has 0 aromatic carbocycles. The van der Waals surface area contributed by atoms with Crippen molar-refractivity contribution in [1.82, 2.24) is 15.0 Å². The Morgan fingerprint density at radius 1 is 1.53 bits per heavy atom. The number of hydrogen-bond donors (Lipinski definition) is 1. The van der Waals surface area contributed by atoms with Gasteiger partial charge in [-0.05, 0) is 18.8 Å². The fraction of sp³-hybridized carbons (Fsp3) is 0.750. The molecule has 94 valence electrons. The Bertz CT molecular complexity index is 383. The van der Waals surface area contributed by atoms with Crippen molar-refractivity contribution in [3.05, 3.63) is 11.9 Å². The molecule has 1 aromatic heterocycles. The summed E-state index contributed by atoms with van der Waals surface area (Å²) in [6.45, 7) is 0. The fourth-order valence-electron chi connectivity index (χ4n) is 2.47. The Labute approximate surface area is 101 Å². The maximum atomic E-state index is 11.9. The Morgan fingerprint density at radius 3 is 2.82 bits per heavy atom. The highest BCUT2D eigenvalue weighted by atomic mass is 16.3. The standard InChI is InChI=1S/C12H19N3O2/c1-15-8-10(13-14-15)7-11(16)12(17)9-5-3-2-4-6-9/h8-9,12,17H,2-7H2,1H3. The lowest BCUT2D eigenvalue weighted by atomic mass is 9.83. The third-order valence-corrected chi connectivity index (χ3v) is 3.43. The van der Waals surface area contributed by atoms with E-state index in [0.717, 1.165) is 25.7 Å². The molecular weight excluding hydrogens is 218 g/mol. The Balaban J connectivity index is 1.90. The number of aromatic nitrogens is 3. The highest BCUT2D eigenvalue weighted by Gasteiger charge is 2.27. The van der Waals surface area contributed by atoms with Crippen LogP contribution in [0.15, 0.2) is 6.20 Å². The third-order valence-electron chi connectivity index (χ3n) is 3.43. The lowest BCUT2D eigenvalue weighted by Gasteiger charge is -2.25. The largest absolute Gasteiger partial charge is 0.385 e. The van der Waals surface area contributed by atoms with Gasteiger partial charge in [0.15, 0.2) is 5.78 Å². The van der Waals surface area contributed by atoms with Crippen molar-refractivity contribution >= 4 is 5.78 Å². The van der Waals surface area contributed by atoms with Gasteiger partial charge in [0, 0.05) is 13.2 Å². The predicted molar refractivity (Wildman–Crippen MR) is 62.3 cm³/mol. The van der Waals surface area contributed by atoms with Gasteiger partial charge >= 0.3 is 0 Å². The van der Waals surface area contributed by atoms with Crippen molar-refractivity contribution in [1.29, 1.82) is 0 Å². The normalized spacial score (nSPS) is 19.2. The topological polar surface area (TPSA) is 68.0 Å². The zero-order chi connectivity index (χ0) is 12.3. The molecule has 0 spiro atoms. The second kappa shape index (κ2) is 5.40. The first-order chi connectivity index (χ1) is 8.16. The lowest BCUT2D eigenvalue weighted by molar-refractivity contribution is -0.129. The van der Waals surface area contributed by atoms with Crippen molar-refractivity contribution in [2.24, 2.45) is 13.0 Å². The van der Waals surface area contributed by atoms with E-state index in [4.69, 9.17) is 0 Å². The molecule has 1 unspecified atom stereocenters. The summed E-state index contributed by atoms with van der Waals surface area (Å²) in [5.74, 6) is 0.0188. The number of aliphatic hydroxyl groups excluding tert-OH is 1. The van der Waals surface area contributed by atoms with Crippen LogP contribution in [0.25, 0.3) is 0 Å². The first-order valence-corrected chi connectivity index (χ1v) is 6.23. The number of aryl methyl sites for hydroxylation is 1. The molecule has 1 atom stereocenters. The number of Topliss-reactive ketones (excluding diaryl/α,β-unsaturated/α-hetero) is 1. The van der Waals surface area contributed by atoms with E-state index < -0.39 is 6.10 Å². The number of ketones is 1. The molecule has 0 radical (unpaired) electrons. The van der Waals surface area contributed by atoms with E-state index in [9.17, 15) is 9.90 Å². The smallest absolute Gasteiger partial charge is 0.167 e. The van der Waals surface area contributed by atoms with Gasteiger partial charge in [0.05, 0.1) is 12.1 Å². The Hall–Kier alpha value is -1.23. The molecule has 1 N–H and O–H groups in total. The second-order valence-electron chi connectivity index (χ2n) is 4.87. The number of rotatable bonds is 4. The molecule has 0 bridgehead atoms. The summed E-state index contributed by atoms with van der Waals surface area (Å²) in [7, 11) is 1.76. The van der Waals surface area contributed by atoms with Crippen molar-refractivity contribution in [2.45, 2.75) is 44.6 Å². The van der Waals surface area contributed by atoms with Gasteiger partial charge in [-0.1, -0.05) is 24.5 Å². The maximum Gasteiger partial charge on any atom is 0.167 e. The first-order valence-electron chi connectivity index (χ1n) is 6.23. The zero-order valence-corrected chi connectivity index (χ0v) is 10.2. The average molecular weight is 237 g/mol. The molecule has 0 aliphatic heterocycles. The van der Waals surface area contributed by atoms with Crippen molar-refractivity contribution in [2.75, 3.05) is 0 Å². The Kier molecular flexibility index (Phi) is 3.89. The summed E-state index contributed by atoms with van der Waals surface area (Å²) in [6.07, 6.45) is 6.48. The SMILES string of the molecule is Cn1cc(CC(=O)C(O)C2CCCCC2)nn1. The van der Waals surface area contributed by atoms with Crippen LogP contribution in [0.4, 0.5) is 0 Å². The van der Waals surface area contributed by atoms with Crippen LogP contribution in [-0.2, 0) is 18.3 Å². The van der Waals surface area contributed by atoms with Gasteiger partial charge < -0.3 is 5.11 Å². The molecule has 5 nitrogen and oxygen atoms in total. The van der Waals surface area contributed by atoms with Crippen LogP contribution in [0, 0.1) is 5.92 Å². The fourth-order valence-corrected chi connectivity index (χ4v) is 2.47. The quantitative estimate of drug-likeness (QED) is 0.843. The van der Waals surface area contributed by atoms with E-state index in [2.05, 4.69) is 10.3 Å². The summed E-state index contributed by atoms with van der Waals surface area (Å²) in [5.41, 5.74) is 0.632. The van der Waals surface area contributed by atoms with Crippen LogP contribution in [-0.4, -0.2) is 32.0 Å². The molecule has 2 rings (SSSR count). The van der Waals surface area contributed by atoms with Crippen LogP contribution in [0.3, 0.4) is 0 Å². The number of carbonyl (C=O) groups excluding carboxylic acids is 1. The minimum absolute atomic E-state index is 0.127. The first kappa shape index (κ1) is 12.2. The van der Waals surface area contributed by atoms with E-state index >= 15 is 0 Å². The Morgan fingerprint density at radius 2 is 2.24 bits per heavy atom. The molecule has 0 saturated heterocycles. The van der Waals surface area contributed by atoms with Crippen LogP contribution in [0.2, 0.25) is 0 Å². The van der Waals surface area contributed by atoms with Gasteiger partial charge in [0.1, 0.15) is 6.10 Å². The minimum atomic E-state index is -0.822. The number of carbonyl (C=O) groups is 1. The van der Waals surface area contributed by atoms with E-state index in [-0.39, 0.29) is 18.1 Å². The molecule has 5 heteroatoms. The molecule has 1 aliphatic rings. The average Bonchev–Trinajstić information content (AvgIpc) is 2.75. The second-order valence-corrected chi connectivity index (χ2v) is 4.87. The van der Waals surface area contributed by atoms with Crippen molar-refractivity contribution in [3.63, 3.8) is 0 Å². The van der Waals surface area contributed by atoms with Gasteiger partial charge in [-0.25, -0.2) is 0 Å². The summed E-state index contributed by atoms with van der Waals surface area (Å²) < 4.78 is 1.57. The monoisotopic (exact) mass is 237 g/mol. The number of aliphatic hydroxyl groups is 1. The van der Waals surface area contributed by atoms with Gasteiger partial charge in [0.25, 0.3) is 0 Å². The highest BCUT2D eigenvalue weighted by molar-refractivity contribution is 5.84. The van der Waals surface area contributed by atoms with Crippen molar-refractivity contribution < 1.29 is 9.90 Å². The van der Waals surface area contributed by atoms with E-state index in [1.54, 1.807) is 17.9 Å². The van der Waals surface area contributed by atoms with Crippen LogP contribution >= 0.6 is 0 Å². The van der Waals surface area contributed by atoms with Crippen LogP contribution in [0.5, 0.6) is 0 Å². The highest BCUT2D eigenvalue weighted by Crippen LogP contribution is 2.27. The van der Waals surface area contributed by atoms with Gasteiger partial charge in [0.2, 0.25) is 0 Å². The summed E-state index contributed by atoms with van der Waals surface area (Å²) in [6, 6.07) is 0. The number of nitrogens with zero attached hydrogens (tertiary/aromatic N) is 3. The lowest BCUT2D eigenvalue weighted by Crippen LogP contribution is -2.32. The van der Waals surface area contributed by atoms with E-state index in [1.807, 2.05) is 0 Å². The van der Waals surface area contributed by atoms with Crippen molar-refractivity contribution in [3.8, 4) is 0 Å². The number of hydrogen-bond acceptors (Lipinski definition) is 4. The van der Waals surface area contributed by atoms with Crippen LogP contribution < -0.4 is 0 Å². The van der Waals surface area contributed by atoms with Gasteiger partial charge in [-0.3, -0.25) is 9.48 Å². The van der Waals surface area contributed by atoms with E-state index in [1.165, 1.54) is 6.42 Å². The molecule has 1 heterocycles. The molecule has 1 aliphatic carbocycles. The van der Waals surface area contributed by atoms with Gasteiger partial charge in [-0.15, -0.1) is 5.10 Å². The zero-order valence-electron chi connectivity index (χ0n) is 10.2. The molecule has 17 heavy (non-hydrogen) atoms.